The van der Waals surface area contributed by atoms with Crippen LogP contribution in [0.2, 0.25) is 5.02 Å². The lowest BCUT2D eigenvalue weighted by atomic mass is 10.1. The van der Waals surface area contributed by atoms with Gasteiger partial charge in [0.2, 0.25) is 0 Å². The van der Waals surface area contributed by atoms with Crippen LogP contribution < -0.4 is 10.2 Å². The van der Waals surface area contributed by atoms with Gasteiger partial charge >= 0.3 is 0 Å². The molecule has 2 nitrogen and oxygen atoms in total. The molecule has 0 saturated heterocycles. The summed E-state index contributed by atoms with van der Waals surface area (Å²) in [5.41, 5.74) is 2.49. The van der Waals surface area contributed by atoms with Crippen molar-refractivity contribution >= 4 is 17.3 Å². The Morgan fingerprint density at radius 3 is 2.58 bits per heavy atom. The first-order chi connectivity index (χ1) is 9.10. The Kier molecular flexibility index (Phi) is 7.25. The van der Waals surface area contributed by atoms with Crippen molar-refractivity contribution in [2.75, 3.05) is 24.5 Å². The molecule has 0 fully saturated rings. The summed E-state index contributed by atoms with van der Waals surface area (Å²) < 4.78 is 0. The highest BCUT2D eigenvalue weighted by Gasteiger charge is 2.12. The maximum Gasteiger partial charge on any atom is 0.0471 e. The van der Waals surface area contributed by atoms with E-state index in [1.54, 1.807) is 0 Å². The quantitative estimate of drug-likeness (QED) is 0.764. The second kappa shape index (κ2) is 8.44. The smallest absolute Gasteiger partial charge is 0.0471 e. The molecule has 108 valence electrons. The molecule has 0 heterocycles. The fourth-order valence-electron chi connectivity index (χ4n) is 2.22. The highest BCUT2D eigenvalue weighted by Crippen LogP contribution is 2.27. The second-order valence-corrected chi connectivity index (χ2v) is 5.75. The molecule has 0 aliphatic rings. The third kappa shape index (κ3) is 5.04. The third-order valence-corrected chi connectivity index (χ3v) is 3.52. The Hall–Kier alpha value is -0.730. The molecular weight excluding hydrogens is 256 g/mol. The number of benzene rings is 1. The molecule has 3 heteroatoms. The molecule has 19 heavy (non-hydrogen) atoms. The highest BCUT2D eigenvalue weighted by molar-refractivity contribution is 6.31. The van der Waals surface area contributed by atoms with Gasteiger partial charge in [-0.1, -0.05) is 38.4 Å². The van der Waals surface area contributed by atoms with E-state index in [0.717, 1.165) is 37.6 Å². The molecule has 0 spiro atoms. The van der Waals surface area contributed by atoms with E-state index >= 15 is 0 Å². The average molecular weight is 283 g/mol. The molecule has 1 aromatic carbocycles. The van der Waals surface area contributed by atoms with Crippen LogP contribution in [0.15, 0.2) is 18.2 Å². The molecule has 0 amide bonds. The van der Waals surface area contributed by atoms with E-state index in [4.69, 9.17) is 11.6 Å². The molecule has 0 unspecified atom stereocenters. The van der Waals surface area contributed by atoms with Crippen LogP contribution in [-0.2, 0) is 6.54 Å². The van der Waals surface area contributed by atoms with E-state index in [-0.39, 0.29) is 0 Å². The summed E-state index contributed by atoms with van der Waals surface area (Å²) in [7, 11) is 0. The first-order valence-corrected chi connectivity index (χ1v) is 7.70. The number of hydrogen-bond donors (Lipinski definition) is 1. The van der Waals surface area contributed by atoms with E-state index in [9.17, 15) is 0 Å². The van der Waals surface area contributed by atoms with Crippen molar-refractivity contribution in [3.05, 3.63) is 28.8 Å². The molecule has 1 N–H and O–H groups in total. The van der Waals surface area contributed by atoms with Crippen molar-refractivity contribution in [3.63, 3.8) is 0 Å². The van der Waals surface area contributed by atoms with Crippen molar-refractivity contribution in [1.29, 1.82) is 0 Å². The van der Waals surface area contributed by atoms with E-state index in [1.165, 1.54) is 11.3 Å². The molecule has 1 aromatic rings. The number of nitrogens with one attached hydrogen (secondary N) is 1. The minimum absolute atomic E-state index is 0.656. The molecule has 0 aliphatic carbocycles. The van der Waals surface area contributed by atoms with Crippen molar-refractivity contribution in [2.45, 2.75) is 40.7 Å². The van der Waals surface area contributed by atoms with E-state index < -0.39 is 0 Å². The van der Waals surface area contributed by atoms with Gasteiger partial charge in [-0.25, -0.2) is 0 Å². The lowest BCUT2D eigenvalue weighted by Crippen LogP contribution is -2.26. The van der Waals surface area contributed by atoms with Crippen LogP contribution in [0.5, 0.6) is 0 Å². The normalized spacial score (nSPS) is 11.1. The van der Waals surface area contributed by atoms with Crippen LogP contribution in [-0.4, -0.2) is 19.6 Å². The van der Waals surface area contributed by atoms with Gasteiger partial charge in [0.25, 0.3) is 0 Å². The van der Waals surface area contributed by atoms with Gasteiger partial charge in [0.1, 0.15) is 0 Å². The first kappa shape index (κ1) is 16.3. The van der Waals surface area contributed by atoms with Gasteiger partial charge in [0.05, 0.1) is 0 Å². The zero-order valence-corrected chi connectivity index (χ0v) is 13.4. The van der Waals surface area contributed by atoms with Gasteiger partial charge in [-0.2, -0.15) is 0 Å². The van der Waals surface area contributed by atoms with E-state index in [0.29, 0.717) is 5.92 Å². The van der Waals surface area contributed by atoms with Gasteiger partial charge in [0.15, 0.2) is 0 Å². The van der Waals surface area contributed by atoms with E-state index in [1.807, 2.05) is 12.1 Å². The van der Waals surface area contributed by atoms with Gasteiger partial charge in [0, 0.05) is 35.9 Å². The van der Waals surface area contributed by atoms with Crippen molar-refractivity contribution in [3.8, 4) is 0 Å². The van der Waals surface area contributed by atoms with Crippen molar-refractivity contribution in [2.24, 2.45) is 5.92 Å². The Balaban J connectivity index is 2.87. The Morgan fingerprint density at radius 2 is 2.00 bits per heavy atom. The highest BCUT2D eigenvalue weighted by atomic mass is 35.5. The van der Waals surface area contributed by atoms with Crippen molar-refractivity contribution < 1.29 is 0 Å². The lowest BCUT2D eigenvalue weighted by molar-refractivity contribution is 0.552. The summed E-state index contributed by atoms with van der Waals surface area (Å²) in [6.45, 7) is 12.8. The molecule has 1 rings (SSSR count). The third-order valence-electron chi connectivity index (χ3n) is 3.16. The number of anilines is 1. The van der Waals surface area contributed by atoms with Gasteiger partial charge in [-0.05, 0) is 37.9 Å². The number of nitrogens with zero attached hydrogens (tertiary/aromatic N) is 1. The summed E-state index contributed by atoms with van der Waals surface area (Å²) in [5, 5.41) is 4.36. The Morgan fingerprint density at radius 1 is 1.26 bits per heavy atom. The predicted molar refractivity (Wildman–Crippen MR) is 86.2 cm³/mol. The summed E-state index contributed by atoms with van der Waals surface area (Å²) in [6, 6.07) is 6.20. The Bertz CT molecular complexity index is 377. The second-order valence-electron chi connectivity index (χ2n) is 5.34. The van der Waals surface area contributed by atoms with Crippen LogP contribution >= 0.6 is 11.6 Å². The van der Waals surface area contributed by atoms with Crippen LogP contribution in [0, 0.1) is 5.92 Å². The Labute approximate surface area is 123 Å². The minimum Gasteiger partial charge on any atom is -0.372 e. The number of rotatable bonds is 8. The SMILES string of the molecule is CCCN(CC)c1cccc(Cl)c1CNCC(C)C. The van der Waals surface area contributed by atoms with Gasteiger partial charge in [-0.3, -0.25) is 0 Å². The minimum atomic E-state index is 0.656. The van der Waals surface area contributed by atoms with Crippen LogP contribution in [0.25, 0.3) is 0 Å². The lowest BCUT2D eigenvalue weighted by Gasteiger charge is -2.26. The monoisotopic (exact) mass is 282 g/mol. The molecule has 0 radical (unpaired) electrons. The average Bonchev–Trinajstić information content (AvgIpc) is 2.37. The molecule has 0 bridgehead atoms. The topological polar surface area (TPSA) is 15.3 Å². The van der Waals surface area contributed by atoms with Crippen LogP contribution in [0.1, 0.15) is 39.7 Å². The molecule has 0 aliphatic heterocycles. The fourth-order valence-corrected chi connectivity index (χ4v) is 2.46. The molecule has 0 aromatic heterocycles. The first-order valence-electron chi connectivity index (χ1n) is 7.33. The largest absolute Gasteiger partial charge is 0.372 e. The molecule has 0 saturated carbocycles. The predicted octanol–water partition coefficient (Wildman–Crippen LogP) is 4.32. The van der Waals surface area contributed by atoms with E-state index in [2.05, 4.69) is 44.0 Å². The summed E-state index contributed by atoms with van der Waals surface area (Å²) in [6.07, 6.45) is 1.15. The standard InChI is InChI=1S/C16H27ClN2/c1-5-10-19(6-2)16-9-7-8-15(17)14(16)12-18-11-13(3)4/h7-9,13,18H,5-6,10-12H2,1-4H3. The zero-order valence-electron chi connectivity index (χ0n) is 12.7. The van der Waals surface area contributed by atoms with Gasteiger partial charge in [-0.15, -0.1) is 0 Å². The molecular formula is C16H27ClN2. The van der Waals surface area contributed by atoms with Crippen LogP contribution in [0.3, 0.4) is 0 Å². The maximum absolute atomic E-state index is 6.38. The number of hydrogen-bond acceptors (Lipinski definition) is 2. The number of halogens is 1. The summed E-state index contributed by atoms with van der Waals surface area (Å²) >= 11 is 6.38. The zero-order chi connectivity index (χ0) is 14.3. The molecule has 0 atom stereocenters. The maximum atomic E-state index is 6.38. The van der Waals surface area contributed by atoms with Crippen LogP contribution in [0.4, 0.5) is 5.69 Å². The summed E-state index contributed by atoms with van der Waals surface area (Å²) in [5.74, 6) is 0.656. The van der Waals surface area contributed by atoms with Crippen molar-refractivity contribution in [1.82, 2.24) is 5.32 Å². The fraction of sp³-hybridized carbons (Fsp3) is 0.625. The summed E-state index contributed by atoms with van der Waals surface area (Å²) in [4.78, 5) is 2.40. The van der Waals surface area contributed by atoms with Gasteiger partial charge < -0.3 is 10.2 Å².